The van der Waals surface area contributed by atoms with Crippen molar-refractivity contribution >= 4 is 23.5 Å². The first-order valence-electron chi connectivity index (χ1n) is 12.2. The lowest BCUT2D eigenvalue weighted by Crippen LogP contribution is -2.36. The minimum Gasteiger partial charge on any atom is -0.363 e. The average Bonchev–Trinajstić information content (AvgIpc) is 2.78. The molecule has 33 heavy (non-hydrogen) atoms. The van der Waals surface area contributed by atoms with Gasteiger partial charge in [0.15, 0.2) is 0 Å². The molecule has 1 aliphatic carbocycles. The molecule has 1 aromatic carbocycles. The molecule has 1 heterocycles. The van der Waals surface area contributed by atoms with Crippen molar-refractivity contribution in [1.82, 2.24) is 15.3 Å². The van der Waals surface area contributed by atoms with E-state index in [1.165, 1.54) is 11.1 Å². The smallest absolute Gasteiger partial charge is 0.319 e. The Morgan fingerprint density at radius 1 is 1.03 bits per heavy atom. The Bertz CT molecular complexity index is 892. The SMILES string of the molecule is CC(C)c1cccc(C(C)C)c1NC(=O)NC[C@H]1CC[C@@H](Nc2nccc(N(C)C)n2)CC1. The predicted octanol–water partition coefficient (Wildman–Crippen LogP) is 5.58. The molecule has 1 aliphatic rings. The highest BCUT2D eigenvalue weighted by Crippen LogP contribution is 2.32. The number of anilines is 3. The molecule has 1 saturated carbocycles. The van der Waals surface area contributed by atoms with Crippen LogP contribution in [0.2, 0.25) is 0 Å². The van der Waals surface area contributed by atoms with Crippen LogP contribution in [0.25, 0.3) is 0 Å². The molecular weight excluding hydrogens is 412 g/mol. The van der Waals surface area contributed by atoms with Crippen molar-refractivity contribution < 1.29 is 4.79 Å². The Labute approximate surface area is 198 Å². The van der Waals surface area contributed by atoms with Gasteiger partial charge in [-0.2, -0.15) is 4.98 Å². The van der Waals surface area contributed by atoms with Gasteiger partial charge in [0, 0.05) is 38.6 Å². The number of para-hydroxylation sites is 1. The minimum absolute atomic E-state index is 0.112. The summed E-state index contributed by atoms with van der Waals surface area (Å²) in [4.78, 5) is 23.6. The van der Waals surface area contributed by atoms with E-state index < -0.39 is 0 Å². The predicted molar refractivity (Wildman–Crippen MR) is 137 cm³/mol. The molecule has 3 rings (SSSR count). The van der Waals surface area contributed by atoms with Gasteiger partial charge in [-0.3, -0.25) is 0 Å². The summed E-state index contributed by atoms with van der Waals surface area (Å²) in [5, 5.41) is 9.75. The molecule has 0 spiro atoms. The molecule has 0 atom stereocenters. The van der Waals surface area contributed by atoms with Crippen LogP contribution in [0.4, 0.5) is 22.2 Å². The molecule has 180 valence electrons. The third-order valence-electron chi connectivity index (χ3n) is 6.44. The lowest BCUT2D eigenvalue weighted by atomic mass is 9.86. The second-order valence-corrected chi connectivity index (χ2v) is 9.95. The second kappa shape index (κ2) is 11.3. The maximum atomic E-state index is 12.7. The van der Waals surface area contributed by atoms with E-state index in [1.807, 2.05) is 25.1 Å². The highest BCUT2D eigenvalue weighted by Gasteiger charge is 2.23. The van der Waals surface area contributed by atoms with Crippen molar-refractivity contribution in [2.45, 2.75) is 71.3 Å². The number of benzene rings is 1. The van der Waals surface area contributed by atoms with Crippen LogP contribution in [-0.2, 0) is 0 Å². The van der Waals surface area contributed by atoms with Crippen molar-refractivity contribution in [3.8, 4) is 0 Å². The van der Waals surface area contributed by atoms with Crippen molar-refractivity contribution in [1.29, 1.82) is 0 Å². The number of amides is 2. The van der Waals surface area contributed by atoms with E-state index in [1.54, 1.807) is 6.20 Å². The third kappa shape index (κ3) is 6.83. The van der Waals surface area contributed by atoms with E-state index in [-0.39, 0.29) is 6.03 Å². The summed E-state index contributed by atoms with van der Waals surface area (Å²) < 4.78 is 0. The van der Waals surface area contributed by atoms with Gasteiger partial charge in [0.1, 0.15) is 5.82 Å². The maximum absolute atomic E-state index is 12.7. The fourth-order valence-electron chi connectivity index (χ4n) is 4.45. The summed E-state index contributed by atoms with van der Waals surface area (Å²) in [5.41, 5.74) is 3.33. The molecule has 1 fully saturated rings. The molecule has 7 heteroatoms. The summed E-state index contributed by atoms with van der Waals surface area (Å²) in [7, 11) is 3.96. The van der Waals surface area contributed by atoms with Gasteiger partial charge >= 0.3 is 6.03 Å². The number of rotatable bonds is 8. The summed E-state index contributed by atoms with van der Waals surface area (Å²) in [5.74, 6) is 2.78. The van der Waals surface area contributed by atoms with Gasteiger partial charge in [-0.1, -0.05) is 45.9 Å². The average molecular weight is 453 g/mol. The number of carbonyl (C=O) groups is 1. The van der Waals surface area contributed by atoms with Crippen LogP contribution >= 0.6 is 0 Å². The summed E-state index contributed by atoms with van der Waals surface area (Å²) >= 11 is 0. The van der Waals surface area contributed by atoms with Crippen LogP contribution in [0.5, 0.6) is 0 Å². The third-order valence-corrected chi connectivity index (χ3v) is 6.44. The second-order valence-electron chi connectivity index (χ2n) is 9.95. The first-order valence-corrected chi connectivity index (χ1v) is 12.2. The van der Waals surface area contributed by atoms with Crippen molar-refractivity contribution in [2.75, 3.05) is 36.2 Å². The molecule has 0 aliphatic heterocycles. The molecule has 2 aromatic rings. The van der Waals surface area contributed by atoms with E-state index in [4.69, 9.17) is 0 Å². The number of urea groups is 1. The van der Waals surface area contributed by atoms with Gasteiger partial charge in [0.25, 0.3) is 0 Å². The number of aromatic nitrogens is 2. The molecule has 0 saturated heterocycles. The maximum Gasteiger partial charge on any atom is 0.319 e. The van der Waals surface area contributed by atoms with Crippen LogP contribution in [0, 0.1) is 5.92 Å². The number of hydrogen-bond donors (Lipinski definition) is 3. The lowest BCUT2D eigenvalue weighted by molar-refractivity contribution is 0.246. The quantitative estimate of drug-likeness (QED) is 0.487. The van der Waals surface area contributed by atoms with Crippen molar-refractivity contribution in [2.24, 2.45) is 5.92 Å². The molecule has 2 amide bonds. The number of hydrogen-bond acceptors (Lipinski definition) is 5. The normalized spacial score (nSPS) is 18.3. The molecule has 3 N–H and O–H groups in total. The van der Waals surface area contributed by atoms with Crippen molar-refractivity contribution in [3.63, 3.8) is 0 Å². The Balaban J connectivity index is 1.49. The van der Waals surface area contributed by atoms with E-state index in [9.17, 15) is 4.79 Å². The first kappa shape index (κ1) is 24.8. The highest BCUT2D eigenvalue weighted by atomic mass is 16.2. The highest BCUT2D eigenvalue weighted by molar-refractivity contribution is 5.91. The fraction of sp³-hybridized carbons (Fsp3) is 0.577. The Morgan fingerprint density at radius 2 is 1.67 bits per heavy atom. The zero-order chi connectivity index (χ0) is 24.0. The molecule has 7 nitrogen and oxygen atoms in total. The Kier molecular flexibility index (Phi) is 8.53. The van der Waals surface area contributed by atoms with Crippen LogP contribution in [-0.4, -0.2) is 42.7 Å². The van der Waals surface area contributed by atoms with E-state index in [2.05, 4.69) is 71.8 Å². The number of nitrogens with one attached hydrogen (secondary N) is 3. The number of carbonyl (C=O) groups excluding carboxylic acids is 1. The lowest BCUT2D eigenvalue weighted by Gasteiger charge is -2.29. The summed E-state index contributed by atoms with van der Waals surface area (Å²) in [6, 6.07) is 8.47. The Hall–Kier alpha value is -2.83. The zero-order valence-corrected chi connectivity index (χ0v) is 21.0. The van der Waals surface area contributed by atoms with Gasteiger partial charge in [0.05, 0.1) is 0 Å². The van der Waals surface area contributed by atoms with E-state index >= 15 is 0 Å². The van der Waals surface area contributed by atoms with Gasteiger partial charge in [-0.15, -0.1) is 0 Å². The summed E-state index contributed by atoms with van der Waals surface area (Å²) in [6.07, 6.45) is 6.05. The first-order chi connectivity index (χ1) is 15.7. The Morgan fingerprint density at radius 3 is 2.24 bits per heavy atom. The molecule has 0 bridgehead atoms. The number of nitrogens with zero attached hydrogens (tertiary/aromatic N) is 3. The van der Waals surface area contributed by atoms with Crippen LogP contribution in [0.3, 0.4) is 0 Å². The summed E-state index contributed by atoms with van der Waals surface area (Å²) in [6.45, 7) is 9.35. The van der Waals surface area contributed by atoms with Gasteiger partial charge < -0.3 is 20.9 Å². The molecular formula is C26H40N6O. The van der Waals surface area contributed by atoms with Crippen LogP contribution < -0.4 is 20.9 Å². The van der Waals surface area contributed by atoms with E-state index in [0.29, 0.717) is 36.3 Å². The topological polar surface area (TPSA) is 82.2 Å². The molecule has 0 unspecified atom stereocenters. The van der Waals surface area contributed by atoms with Gasteiger partial charge in [-0.05, 0) is 60.6 Å². The van der Waals surface area contributed by atoms with E-state index in [0.717, 1.165) is 37.2 Å². The minimum atomic E-state index is -0.112. The monoisotopic (exact) mass is 452 g/mol. The zero-order valence-electron chi connectivity index (χ0n) is 21.0. The molecule has 1 aromatic heterocycles. The van der Waals surface area contributed by atoms with Crippen LogP contribution in [0.15, 0.2) is 30.5 Å². The largest absolute Gasteiger partial charge is 0.363 e. The van der Waals surface area contributed by atoms with Gasteiger partial charge in [-0.25, -0.2) is 9.78 Å². The van der Waals surface area contributed by atoms with Gasteiger partial charge in [0.2, 0.25) is 5.95 Å². The standard InChI is InChI=1S/C26H40N6O/c1-17(2)21-8-7-9-22(18(3)4)24(21)31-26(33)28-16-19-10-12-20(13-11-19)29-25-27-15-14-23(30-25)32(5)6/h7-9,14-15,17-20H,10-13,16H2,1-6H3,(H,27,29,30)(H2,28,31,33)/t19-,20+. The van der Waals surface area contributed by atoms with Crippen molar-refractivity contribution in [3.05, 3.63) is 41.6 Å². The molecule has 0 radical (unpaired) electrons. The van der Waals surface area contributed by atoms with Crippen LogP contribution in [0.1, 0.15) is 76.3 Å². The fourth-order valence-corrected chi connectivity index (χ4v) is 4.45.